The fourth-order valence-electron chi connectivity index (χ4n) is 3.56. The molecule has 0 aliphatic heterocycles. The molecule has 112 valence electrons. The second kappa shape index (κ2) is 5.72. The molecule has 0 aromatic heterocycles. The normalized spacial score (nSPS) is 16.5. The first-order chi connectivity index (χ1) is 11.3. The monoisotopic (exact) mass is 316 g/mol. The fraction of sp³-hybridized carbons (Fsp3) is 0.0909. The van der Waals surface area contributed by atoms with E-state index in [1.54, 1.807) is 0 Å². The Hall–Kier alpha value is -2.31. The van der Waals surface area contributed by atoms with Crippen molar-refractivity contribution < 1.29 is 0 Å². The third-order valence-corrected chi connectivity index (χ3v) is 4.87. The molecule has 0 heterocycles. The molecule has 0 bridgehead atoms. The summed E-state index contributed by atoms with van der Waals surface area (Å²) in [5, 5.41) is 0.777. The van der Waals surface area contributed by atoms with Crippen LogP contribution in [0.2, 0.25) is 5.02 Å². The predicted molar refractivity (Wildman–Crippen MR) is 98.7 cm³/mol. The minimum absolute atomic E-state index is 0.377. The molecule has 1 heteroatoms. The number of hydrogen-bond acceptors (Lipinski definition) is 0. The second-order valence-electron chi connectivity index (χ2n) is 5.97. The van der Waals surface area contributed by atoms with Gasteiger partial charge in [-0.05, 0) is 45.5 Å². The summed E-state index contributed by atoms with van der Waals surface area (Å²) in [6.45, 7) is 2.29. The van der Waals surface area contributed by atoms with Gasteiger partial charge >= 0.3 is 0 Å². The first kappa shape index (κ1) is 14.3. The molecule has 3 aromatic carbocycles. The molecule has 0 N–H and O–H groups in total. The highest BCUT2D eigenvalue weighted by molar-refractivity contribution is 6.30. The van der Waals surface area contributed by atoms with Crippen molar-refractivity contribution >= 4 is 22.7 Å². The molecule has 0 amide bonds. The molecule has 1 atom stereocenters. The van der Waals surface area contributed by atoms with Gasteiger partial charge in [0.15, 0.2) is 0 Å². The lowest BCUT2D eigenvalue weighted by atomic mass is 9.91. The topological polar surface area (TPSA) is 0 Å². The van der Waals surface area contributed by atoms with Crippen LogP contribution in [0.5, 0.6) is 0 Å². The van der Waals surface area contributed by atoms with Gasteiger partial charge in [-0.1, -0.05) is 85.3 Å². The van der Waals surface area contributed by atoms with E-state index in [9.17, 15) is 0 Å². The van der Waals surface area contributed by atoms with E-state index < -0.39 is 0 Å². The Morgan fingerprint density at radius 3 is 2.09 bits per heavy atom. The Kier molecular flexibility index (Phi) is 3.55. The zero-order valence-corrected chi connectivity index (χ0v) is 13.7. The summed E-state index contributed by atoms with van der Waals surface area (Å²) in [5.74, 6) is 0.377. The maximum Gasteiger partial charge on any atom is 0.0406 e. The molecular weight excluding hydrogens is 300 g/mol. The smallest absolute Gasteiger partial charge is 0.0406 e. The Morgan fingerprint density at radius 2 is 1.35 bits per heavy atom. The highest BCUT2D eigenvalue weighted by Gasteiger charge is 2.29. The zero-order chi connectivity index (χ0) is 15.8. The number of rotatable bonds is 2. The summed E-state index contributed by atoms with van der Waals surface area (Å²) in [4.78, 5) is 0. The van der Waals surface area contributed by atoms with Crippen molar-refractivity contribution in [3.8, 4) is 0 Å². The maximum atomic E-state index is 6.08. The predicted octanol–water partition coefficient (Wildman–Crippen LogP) is 6.42. The van der Waals surface area contributed by atoms with Crippen LogP contribution in [-0.2, 0) is 0 Å². The van der Waals surface area contributed by atoms with Crippen LogP contribution in [0.15, 0.2) is 78.9 Å². The third-order valence-electron chi connectivity index (χ3n) is 4.62. The van der Waals surface area contributed by atoms with Crippen LogP contribution in [-0.4, -0.2) is 0 Å². The SMILES string of the molecule is CC1C(c2ccc(Cl)cc2)=C(c2ccccc2)c2ccccc21. The summed E-state index contributed by atoms with van der Waals surface area (Å²) in [6, 6.07) is 27.6. The Morgan fingerprint density at radius 1 is 0.696 bits per heavy atom. The molecular formula is C22H17Cl. The van der Waals surface area contributed by atoms with Crippen molar-refractivity contribution in [3.05, 3.63) is 106 Å². The fourth-order valence-corrected chi connectivity index (χ4v) is 3.68. The van der Waals surface area contributed by atoms with Gasteiger partial charge in [-0.15, -0.1) is 0 Å². The van der Waals surface area contributed by atoms with E-state index in [0.29, 0.717) is 5.92 Å². The van der Waals surface area contributed by atoms with Crippen LogP contribution in [0, 0.1) is 0 Å². The molecule has 0 spiro atoms. The van der Waals surface area contributed by atoms with Gasteiger partial charge in [0.25, 0.3) is 0 Å². The molecule has 3 aromatic rings. The van der Waals surface area contributed by atoms with Crippen LogP contribution >= 0.6 is 11.6 Å². The zero-order valence-electron chi connectivity index (χ0n) is 13.0. The van der Waals surface area contributed by atoms with Gasteiger partial charge in [0.2, 0.25) is 0 Å². The highest BCUT2D eigenvalue weighted by Crippen LogP contribution is 2.49. The summed E-state index contributed by atoms with van der Waals surface area (Å²) in [5.41, 5.74) is 7.99. The van der Waals surface area contributed by atoms with Crippen molar-refractivity contribution in [2.75, 3.05) is 0 Å². The Bertz CT molecular complexity index is 873. The molecule has 1 aliphatic carbocycles. The first-order valence-electron chi connectivity index (χ1n) is 7.90. The largest absolute Gasteiger partial charge is 0.0843 e. The van der Waals surface area contributed by atoms with E-state index in [4.69, 9.17) is 11.6 Å². The average molecular weight is 317 g/mol. The van der Waals surface area contributed by atoms with Gasteiger partial charge in [-0.2, -0.15) is 0 Å². The lowest BCUT2D eigenvalue weighted by molar-refractivity contribution is 1.01. The van der Waals surface area contributed by atoms with Gasteiger partial charge in [-0.25, -0.2) is 0 Å². The van der Waals surface area contributed by atoms with Crippen LogP contribution in [0.25, 0.3) is 11.1 Å². The number of fused-ring (bicyclic) bond motifs is 1. The second-order valence-corrected chi connectivity index (χ2v) is 6.41. The first-order valence-corrected chi connectivity index (χ1v) is 8.28. The minimum Gasteiger partial charge on any atom is -0.0843 e. The van der Waals surface area contributed by atoms with Crippen molar-refractivity contribution in [2.45, 2.75) is 12.8 Å². The average Bonchev–Trinajstić information content (AvgIpc) is 2.90. The summed E-state index contributed by atoms with van der Waals surface area (Å²) in [7, 11) is 0. The summed E-state index contributed by atoms with van der Waals surface area (Å²) >= 11 is 6.08. The van der Waals surface area contributed by atoms with E-state index in [-0.39, 0.29) is 0 Å². The van der Waals surface area contributed by atoms with Gasteiger partial charge in [0, 0.05) is 10.9 Å². The maximum absolute atomic E-state index is 6.08. The van der Waals surface area contributed by atoms with Crippen LogP contribution in [0.1, 0.15) is 35.1 Å². The molecule has 0 nitrogen and oxygen atoms in total. The molecule has 23 heavy (non-hydrogen) atoms. The third kappa shape index (κ3) is 2.40. The van der Waals surface area contributed by atoms with Crippen molar-refractivity contribution in [2.24, 2.45) is 0 Å². The number of allylic oxidation sites excluding steroid dienone is 1. The summed E-state index contributed by atoms with van der Waals surface area (Å²) < 4.78 is 0. The van der Waals surface area contributed by atoms with Crippen molar-refractivity contribution in [1.82, 2.24) is 0 Å². The van der Waals surface area contributed by atoms with E-state index in [1.165, 1.54) is 33.4 Å². The number of halogens is 1. The Labute approximate surface area is 142 Å². The van der Waals surface area contributed by atoms with Crippen LogP contribution in [0.3, 0.4) is 0 Å². The molecule has 1 unspecified atom stereocenters. The minimum atomic E-state index is 0.377. The van der Waals surface area contributed by atoms with E-state index >= 15 is 0 Å². The van der Waals surface area contributed by atoms with E-state index in [1.807, 2.05) is 12.1 Å². The summed E-state index contributed by atoms with van der Waals surface area (Å²) in [6.07, 6.45) is 0. The van der Waals surface area contributed by atoms with Gasteiger partial charge in [0.05, 0.1) is 0 Å². The Balaban J connectivity index is 2.00. The van der Waals surface area contributed by atoms with Gasteiger partial charge in [-0.3, -0.25) is 0 Å². The van der Waals surface area contributed by atoms with Crippen molar-refractivity contribution in [1.29, 1.82) is 0 Å². The molecule has 4 rings (SSSR count). The van der Waals surface area contributed by atoms with Crippen LogP contribution < -0.4 is 0 Å². The van der Waals surface area contributed by atoms with Gasteiger partial charge in [0.1, 0.15) is 0 Å². The standard InChI is InChI=1S/C22H17Cl/c1-15-19-9-5-6-10-20(19)22(16-7-3-2-4-8-16)21(15)17-11-13-18(23)14-12-17/h2-15H,1H3. The molecule has 0 radical (unpaired) electrons. The van der Waals surface area contributed by atoms with E-state index in [2.05, 4.69) is 73.7 Å². The molecule has 0 saturated heterocycles. The molecule has 0 fully saturated rings. The number of benzene rings is 3. The highest BCUT2D eigenvalue weighted by atomic mass is 35.5. The number of hydrogen-bond donors (Lipinski definition) is 0. The molecule has 1 aliphatic rings. The van der Waals surface area contributed by atoms with Crippen LogP contribution in [0.4, 0.5) is 0 Å². The van der Waals surface area contributed by atoms with E-state index in [0.717, 1.165) is 5.02 Å². The van der Waals surface area contributed by atoms with Crippen molar-refractivity contribution in [3.63, 3.8) is 0 Å². The quantitative estimate of drug-likeness (QED) is 0.512. The molecule has 0 saturated carbocycles. The lowest BCUT2D eigenvalue weighted by Crippen LogP contribution is -1.93. The lowest BCUT2D eigenvalue weighted by Gasteiger charge is -2.13. The van der Waals surface area contributed by atoms with Gasteiger partial charge < -0.3 is 0 Å².